The lowest BCUT2D eigenvalue weighted by molar-refractivity contribution is -0.148. The zero-order chi connectivity index (χ0) is 37.4. The minimum atomic E-state index is -1.14. The third-order valence-corrected chi connectivity index (χ3v) is 8.32. The van der Waals surface area contributed by atoms with Gasteiger partial charge in [0.15, 0.2) is 0 Å². The van der Waals surface area contributed by atoms with Crippen LogP contribution < -0.4 is 10.6 Å². The lowest BCUT2D eigenvalue weighted by atomic mass is 9.85. The Morgan fingerprint density at radius 2 is 1.74 bits per heavy atom. The summed E-state index contributed by atoms with van der Waals surface area (Å²) in [7, 11) is 1.42. The van der Waals surface area contributed by atoms with E-state index in [0.717, 1.165) is 21.2 Å². The third-order valence-electron chi connectivity index (χ3n) is 8.32. The number of amides is 4. The Hall–Kier alpha value is -5.10. The molecule has 2 aromatic rings. The van der Waals surface area contributed by atoms with Crippen LogP contribution in [0.2, 0.25) is 0 Å². The number of azide groups is 1. The number of likely N-dealkylation sites (tertiary alicyclic amines) is 1. The number of carbonyl (C=O) groups is 5. The van der Waals surface area contributed by atoms with Gasteiger partial charge < -0.3 is 25.0 Å². The minimum absolute atomic E-state index is 0.00533. The number of esters is 1. The molecule has 0 aliphatic carbocycles. The van der Waals surface area contributed by atoms with Crippen LogP contribution in [0.25, 0.3) is 21.2 Å². The molecule has 14 nitrogen and oxygen atoms in total. The van der Waals surface area contributed by atoms with E-state index in [1.807, 2.05) is 42.5 Å². The van der Waals surface area contributed by atoms with Crippen molar-refractivity contribution < 1.29 is 33.4 Å². The van der Waals surface area contributed by atoms with Crippen LogP contribution in [0.5, 0.6) is 0 Å². The van der Waals surface area contributed by atoms with Gasteiger partial charge in [-0.05, 0) is 61.4 Å². The summed E-state index contributed by atoms with van der Waals surface area (Å²) in [5.41, 5.74) is 8.34. The average Bonchev–Trinajstić information content (AvgIpc) is 3.47. The summed E-state index contributed by atoms with van der Waals surface area (Å²) in [4.78, 5) is 72.8. The van der Waals surface area contributed by atoms with Crippen LogP contribution in [0, 0.1) is 5.41 Å². The van der Waals surface area contributed by atoms with E-state index in [1.165, 1.54) is 24.9 Å². The van der Waals surface area contributed by atoms with Crippen LogP contribution in [0.4, 0.5) is 4.79 Å². The molecule has 1 fully saturated rings. The molecule has 4 amide bonds. The number of carbonyl (C=O) groups excluding carboxylic acids is 5. The molecule has 0 spiro atoms. The van der Waals surface area contributed by atoms with Crippen LogP contribution in [0.1, 0.15) is 60.5 Å². The Kier molecular flexibility index (Phi) is 13.0. The van der Waals surface area contributed by atoms with Crippen molar-refractivity contribution in [3.8, 4) is 0 Å². The van der Waals surface area contributed by atoms with Crippen molar-refractivity contribution in [2.45, 2.75) is 97.1 Å². The Morgan fingerprint density at radius 1 is 1.08 bits per heavy atom. The summed E-state index contributed by atoms with van der Waals surface area (Å²) in [5, 5.41) is 11.3. The molecule has 0 aromatic heterocycles. The Labute approximate surface area is 293 Å². The molecule has 0 saturated carbocycles. The normalized spacial score (nSPS) is 17.8. The quantitative estimate of drug-likeness (QED) is 0.107. The summed E-state index contributed by atoms with van der Waals surface area (Å²) in [6.07, 6.45) is 0.810. The predicted molar refractivity (Wildman–Crippen MR) is 189 cm³/mol. The number of likely N-dealkylation sites (N-methyl/N-ethyl adjacent to an activating group) is 1. The van der Waals surface area contributed by atoms with E-state index in [-0.39, 0.29) is 26.0 Å². The zero-order valence-electron chi connectivity index (χ0n) is 30.1. The fourth-order valence-electron chi connectivity index (χ4n) is 5.51. The summed E-state index contributed by atoms with van der Waals surface area (Å²) in [5.74, 6) is -2.53. The Balaban J connectivity index is 1.88. The highest BCUT2D eigenvalue weighted by molar-refractivity contribution is 5.96. The standard InChI is InChI=1S/C36H49N7O7/c1-10-17-49-33(47)27(19-23-15-16-24-13-11-12-14-25(24)18-23)38-31(45)28-20-26(40-41-37)21-43(28)32(46)29(35(3,4)5)39-30(44)22(2)42(9)34(48)50-36(6,7)8/h10-16,18,22,26-29H,1,17,19-21H2,2-9H3,(H,38,45)(H,39,44)/t22-,26-,27-,28-,29+/m0/s1. The van der Waals surface area contributed by atoms with Gasteiger partial charge in [-0.3, -0.25) is 19.3 Å². The first-order chi connectivity index (χ1) is 23.4. The van der Waals surface area contributed by atoms with Gasteiger partial charge in [-0.2, -0.15) is 0 Å². The van der Waals surface area contributed by atoms with E-state index in [4.69, 9.17) is 9.47 Å². The molecule has 0 unspecified atom stereocenters. The predicted octanol–water partition coefficient (Wildman–Crippen LogP) is 4.66. The maximum atomic E-state index is 14.3. The van der Waals surface area contributed by atoms with Crippen molar-refractivity contribution in [2.75, 3.05) is 20.2 Å². The van der Waals surface area contributed by atoms with Crippen molar-refractivity contribution in [3.05, 3.63) is 71.1 Å². The zero-order valence-corrected chi connectivity index (χ0v) is 30.1. The fourth-order valence-corrected chi connectivity index (χ4v) is 5.51. The maximum Gasteiger partial charge on any atom is 0.410 e. The number of nitrogens with zero attached hydrogens (tertiary/aromatic N) is 5. The van der Waals surface area contributed by atoms with Gasteiger partial charge >= 0.3 is 12.1 Å². The summed E-state index contributed by atoms with van der Waals surface area (Å²) in [6.45, 7) is 15.3. The van der Waals surface area contributed by atoms with Crippen molar-refractivity contribution in [2.24, 2.45) is 10.5 Å². The Bertz CT molecular complexity index is 1640. The molecule has 2 aromatic carbocycles. The topological polar surface area (TPSA) is 183 Å². The summed E-state index contributed by atoms with van der Waals surface area (Å²) >= 11 is 0. The van der Waals surface area contributed by atoms with Crippen molar-refractivity contribution in [3.63, 3.8) is 0 Å². The molecule has 1 saturated heterocycles. The molecule has 0 radical (unpaired) electrons. The lowest BCUT2D eigenvalue weighted by Gasteiger charge is -2.37. The maximum absolute atomic E-state index is 14.3. The number of benzene rings is 2. The number of hydrogen-bond donors (Lipinski definition) is 2. The number of hydrogen-bond acceptors (Lipinski definition) is 8. The molecule has 3 rings (SSSR count). The SMILES string of the molecule is C=CCOC(=O)[C@H](Cc1ccc2ccccc2c1)NC(=O)[C@@H]1C[C@H](N=[N+]=[N-])CN1C(=O)[C@@H](NC(=O)[C@H](C)N(C)C(=O)OC(C)(C)C)C(C)(C)C. The second-order valence-corrected chi connectivity index (χ2v) is 14.5. The van der Waals surface area contributed by atoms with Gasteiger partial charge in [-0.1, -0.05) is 81.0 Å². The van der Waals surface area contributed by atoms with E-state index in [2.05, 4.69) is 27.2 Å². The smallest absolute Gasteiger partial charge is 0.410 e. The number of ether oxygens (including phenoxy) is 2. The third kappa shape index (κ3) is 10.4. The molecule has 1 aliphatic heterocycles. The highest BCUT2D eigenvalue weighted by Crippen LogP contribution is 2.28. The van der Waals surface area contributed by atoms with Gasteiger partial charge in [0.25, 0.3) is 0 Å². The molecule has 5 atom stereocenters. The molecule has 1 heterocycles. The largest absolute Gasteiger partial charge is 0.460 e. The molecule has 270 valence electrons. The van der Waals surface area contributed by atoms with Crippen LogP contribution in [-0.2, 0) is 35.1 Å². The van der Waals surface area contributed by atoms with Gasteiger partial charge in [0, 0.05) is 24.9 Å². The van der Waals surface area contributed by atoms with Crippen LogP contribution in [0.15, 0.2) is 60.2 Å². The van der Waals surface area contributed by atoms with Crippen molar-refractivity contribution >= 4 is 40.6 Å². The highest BCUT2D eigenvalue weighted by atomic mass is 16.6. The van der Waals surface area contributed by atoms with Crippen LogP contribution >= 0.6 is 0 Å². The van der Waals surface area contributed by atoms with Crippen molar-refractivity contribution in [1.82, 2.24) is 20.4 Å². The molecular formula is C36H49N7O7. The first-order valence-corrected chi connectivity index (χ1v) is 16.5. The number of fused-ring (bicyclic) bond motifs is 1. The second-order valence-electron chi connectivity index (χ2n) is 14.5. The summed E-state index contributed by atoms with van der Waals surface area (Å²) in [6, 6.07) is 8.33. The van der Waals surface area contributed by atoms with E-state index in [1.54, 1.807) is 41.5 Å². The van der Waals surface area contributed by atoms with Gasteiger partial charge in [-0.15, -0.1) is 0 Å². The molecule has 0 bridgehead atoms. The lowest BCUT2D eigenvalue weighted by Crippen LogP contribution is -2.60. The molecule has 14 heteroatoms. The first kappa shape index (κ1) is 39.3. The van der Waals surface area contributed by atoms with Gasteiger partial charge in [-0.25, -0.2) is 9.59 Å². The average molecular weight is 692 g/mol. The molecular weight excluding hydrogens is 642 g/mol. The summed E-state index contributed by atoms with van der Waals surface area (Å²) < 4.78 is 10.7. The van der Waals surface area contributed by atoms with Gasteiger partial charge in [0.1, 0.15) is 36.4 Å². The van der Waals surface area contributed by atoms with Crippen LogP contribution in [-0.4, -0.2) is 95.6 Å². The van der Waals surface area contributed by atoms with E-state index in [0.29, 0.717) is 0 Å². The monoisotopic (exact) mass is 691 g/mol. The molecule has 2 N–H and O–H groups in total. The highest BCUT2D eigenvalue weighted by Gasteiger charge is 2.46. The number of rotatable bonds is 12. The first-order valence-electron chi connectivity index (χ1n) is 16.5. The molecule has 50 heavy (non-hydrogen) atoms. The van der Waals surface area contributed by atoms with Crippen LogP contribution in [0.3, 0.4) is 0 Å². The molecule has 1 aliphatic rings. The van der Waals surface area contributed by atoms with E-state index in [9.17, 15) is 29.5 Å². The van der Waals surface area contributed by atoms with Gasteiger partial charge in [0.2, 0.25) is 17.7 Å². The minimum Gasteiger partial charge on any atom is -0.460 e. The fraction of sp³-hybridized carbons (Fsp3) is 0.528. The Morgan fingerprint density at radius 3 is 2.34 bits per heavy atom. The second kappa shape index (κ2) is 16.5. The van der Waals surface area contributed by atoms with Gasteiger partial charge in [0.05, 0.1) is 6.04 Å². The van der Waals surface area contributed by atoms with E-state index >= 15 is 0 Å². The van der Waals surface area contributed by atoms with Crippen molar-refractivity contribution in [1.29, 1.82) is 0 Å². The van der Waals surface area contributed by atoms with E-state index < -0.39 is 71.0 Å². The number of nitrogens with one attached hydrogen (secondary N) is 2.